The molecule has 0 bridgehead atoms. The number of hydrogen-bond acceptors (Lipinski definition) is 6. The Kier molecular flexibility index (Phi) is 5.79. The second-order valence-electron chi connectivity index (χ2n) is 8.17. The molecule has 160 valence electrons. The molecule has 1 aromatic rings. The number of anilines is 1. The molecule has 8 heteroatoms. The largest absolute Gasteiger partial charge is 0.479 e. The van der Waals surface area contributed by atoms with Crippen molar-refractivity contribution in [1.82, 2.24) is 9.88 Å². The second-order valence-corrected chi connectivity index (χ2v) is 9.16. The smallest absolute Gasteiger partial charge is 0.263 e. The summed E-state index contributed by atoms with van der Waals surface area (Å²) in [5.74, 6) is 0.528. The first-order chi connectivity index (χ1) is 14.4. The van der Waals surface area contributed by atoms with Crippen molar-refractivity contribution in [2.75, 3.05) is 18.4 Å². The minimum atomic E-state index is -0.507. The normalized spacial score (nSPS) is 22.9. The van der Waals surface area contributed by atoms with Crippen LogP contribution in [0.25, 0.3) is 5.76 Å². The number of nitrogens with two attached hydrogens (primary N) is 1. The van der Waals surface area contributed by atoms with Gasteiger partial charge in [-0.25, -0.2) is 4.98 Å². The lowest BCUT2D eigenvalue weighted by atomic mass is 9.78. The van der Waals surface area contributed by atoms with Crippen molar-refractivity contribution in [3.05, 3.63) is 40.4 Å². The fourth-order valence-corrected chi connectivity index (χ4v) is 5.25. The first kappa shape index (κ1) is 20.8. The van der Waals surface area contributed by atoms with Gasteiger partial charge in [-0.15, -0.1) is 0 Å². The summed E-state index contributed by atoms with van der Waals surface area (Å²) in [7, 11) is 0. The fourth-order valence-electron chi connectivity index (χ4n) is 4.26. The zero-order valence-electron chi connectivity index (χ0n) is 17.4. The van der Waals surface area contributed by atoms with Crippen LogP contribution in [0.15, 0.2) is 29.9 Å². The average Bonchev–Trinajstić information content (AvgIpc) is 3.35. The molecular formula is C22H28N4O3S. The Balaban J connectivity index is 1.35. The van der Waals surface area contributed by atoms with E-state index in [-0.39, 0.29) is 17.4 Å². The lowest BCUT2D eigenvalue weighted by Gasteiger charge is -2.41. The summed E-state index contributed by atoms with van der Waals surface area (Å²) < 4.78 is 6.01. The monoisotopic (exact) mass is 428 g/mol. The number of amides is 2. The average molecular weight is 429 g/mol. The molecule has 1 atom stereocenters. The quantitative estimate of drug-likeness (QED) is 0.768. The highest BCUT2D eigenvalue weighted by atomic mass is 32.1. The standard InChI is InChI=1S/C22H28N4O3S/c1-14-19(30-21(24-14)25-15(2)27)17-8-9-18(29-17)20(28)26-12-10-22(23,11-13-26)16-6-4-3-5-7-16/h3-4,6,8,18H,5,7,9-13,23H2,1-2H3,(H,24,25,27). The Morgan fingerprint density at radius 2 is 2.13 bits per heavy atom. The Hall–Kier alpha value is -2.45. The number of piperidine rings is 1. The molecule has 1 unspecified atom stereocenters. The first-order valence-electron chi connectivity index (χ1n) is 10.4. The predicted octanol–water partition coefficient (Wildman–Crippen LogP) is 3.14. The minimum absolute atomic E-state index is 0.0186. The molecule has 3 aliphatic rings. The highest BCUT2D eigenvalue weighted by Gasteiger charge is 2.38. The number of aromatic nitrogens is 1. The SMILES string of the molecule is CC(=O)Nc1nc(C)c(C2=CCC(C(=O)N3CCC(N)(C4=CC=CCC4)CC3)O2)s1. The topological polar surface area (TPSA) is 97.6 Å². The lowest BCUT2D eigenvalue weighted by molar-refractivity contribution is -0.140. The molecule has 0 saturated carbocycles. The molecule has 3 N–H and O–H groups in total. The number of rotatable bonds is 4. The van der Waals surface area contributed by atoms with Crippen molar-refractivity contribution >= 4 is 34.0 Å². The van der Waals surface area contributed by atoms with E-state index in [0.717, 1.165) is 36.3 Å². The molecule has 0 spiro atoms. The first-order valence-corrected chi connectivity index (χ1v) is 11.2. The van der Waals surface area contributed by atoms with Crippen molar-refractivity contribution in [3.8, 4) is 0 Å². The molecule has 30 heavy (non-hydrogen) atoms. The van der Waals surface area contributed by atoms with Gasteiger partial charge in [-0.3, -0.25) is 9.59 Å². The molecule has 2 amide bonds. The van der Waals surface area contributed by atoms with Crippen LogP contribution in [0.1, 0.15) is 49.6 Å². The van der Waals surface area contributed by atoms with Crippen LogP contribution >= 0.6 is 11.3 Å². The zero-order chi connectivity index (χ0) is 21.3. The van der Waals surface area contributed by atoms with Gasteiger partial charge in [-0.05, 0) is 38.7 Å². The maximum Gasteiger partial charge on any atom is 0.263 e. The van der Waals surface area contributed by atoms with Crippen LogP contribution in [-0.2, 0) is 14.3 Å². The maximum absolute atomic E-state index is 13.0. The van der Waals surface area contributed by atoms with E-state index in [4.69, 9.17) is 10.5 Å². The van der Waals surface area contributed by atoms with Crippen LogP contribution in [0.2, 0.25) is 0 Å². The van der Waals surface area contributed by atoms with Gasteiger partial charge in [0.15, 0.2) is 11.2 Å². The maximum atomic E-state index is 13.0. The number of likely N-dealkylation sites (tertiary alicyclic amines) is 1. The highest BCUT2D eigenvalue weighted by Crippen LogP contribution is 2.36. The summed E-state index contributed by atoms with van der Waals surface area (Å²) in [4.78, 5) is 31.4. The number of nitrogens with one attached hydrogen (secondary N) is 1. The summed E-state index contributed by atoms with van der Waals surface area (Å²) >= 11 is 1.36. The molecule has 3 heterocycles. The number of hydrogen-bond donors (Lipinski definition) is 2. The summed E-state index contributed by atoms with van der Waals surface area (Å²) in [5, 5.41) is 3.24. The molecule has 1 aliphatic carbocycles. The predicted molar refractivity (Wildman–Crippen MR) is 118 cm³/mol. The van der Waals surface area contributed by atoms with Crippen LogP contribution in [0.3, 0.4) is 0 Å². The molecule has 0 radical (unpaired) electrons. The van der Waals surface area contributed by atoms with Crippen molar-refractivity contribution < 1.29 is 14.3 Å². The summed E-state index contributed by atoms with van der Waals surface area (Å²) in [6.07, 6.45) is 12.0. The van der Waals surface area contributed by atoms with Crippen LogP contribution in [0.4, 0.5) is 5.13 Å². The molecule has 4 rings (SSSR count). The van der Waals surface area contributed by atoms with Crippen molar-refractivity contribution in [2.45, 2.75) is 57.6 Å². The minimum Gasteiger partial charge on any atom is -0.479 e. The Bertz CT molecular complexity index is 938. The second kappa shape index (κ2) is 8.35. The van der Waals surface area contributed by atoms with Crippen LogP contribution in [0.5, 0.6) is 0 Å². The Labute approximate surface area is 180 Å². The van der Waals surface area contributed by atoms with Gasteiger partial charge in [0.25, 0.3) is 5.91 Å². The van der Waals surface area contributed by atoms with Gasteiger partial charge in [-0.1, -0.05) is 35.1 Å². The third-order valence-electron chi connectivity index (χ3n) is 5.99. The zero-order valence-corrected chi connectivity index (χ0v) is 18.3. The fraction of sp³-hybridized carbons (Fsp3) is 0.500. The lowest BCUT2D eigenvalue weighted by Crippen LogP contribution is -2.54. The van der Waals surface area contributed by atoms with E-state index in [2.05, 4.69) is 28.5 Å². The van der Waals surface area contributed by atoms with Gasteiger partial charge in [-0.2, -0.15) is 0 Å². The van der Waals surface area contributed by atoms with Gasteiger partial charge >= 0.3 is 0 Å². The summed E-state index contributed by atoms with van der Waals surface area (Å²) in [5.41, 5.74) is 8.46. The Morgan fingerprint density at radius 3 is 2.80 bits per heavy atom. The summed E-state index contributed by atoms with van der Waals surface area (Å²) in [6.45, 7) is 4.62. The van der Waals surface area contributed by atoms with E-state index in [1.807, 2.05) is 17.9 Å². The van der Waals surface area contributed by atoms with E-state index >= 15 is 0 Å². The highest BCUT2D eigenvalue weighted by molar-refractivity contribution is 7.16. The van der Waals surface area contributed by atoms with Gasteiger partial charge in [0.2, 0.25) is 5.91 Å². The molecular weight excluding hydrogens is 400 g/mol. The molecule has 7 nitrogen and oxygen atoms in total. The van der Waals surface area contributed by atoms with Gasteiger partial charge in [0, 0.05) is 32.0 Å². The third kappa shape index (κ3) is 4.20. The van der Waals surface area contributed by atoms with Crippen LogP contribution in [-0.4, -0.2) is 46.4 Å². The van der Waals surface area contributed by atoms with Gasteiger partial charge in [0.05, 0.1) is 10.6 Å². The number of carbonyl (C=O) groups is 2. The Morgan fingerprint density at radius 1 is 1.37 bits per heavy atom. The molecule has 2 aliphatic heterocycles. The van der Waals surface area contributed by atoms with Crippen molar-refractivity contribution in [3.63, 3.8) is 0 Å². The molecule has 0 aromatic carbocycles. The summed E-state index contributed by atoms with van der Waals surface area (Å²) in [6, 6.07) is 0. The number of thiazole rings is 1. The van der Waals surface area contributed by atoms with Crippen LogP contribution < -0.4 is 11.1 Å². The third-order valence-corrected chi connectivity index (χ3v) is 7.07. The molecule has 1 saturated heterocycles. The van der Waals surface area contributed by atoms with Crippen molar-refractivity contribution in [2.24, 2.45) is 5.73 Å². The number of aryl methyl sites for hydroxylation is 1. The van der Waals surface area contributed by atoms with E-state index in [9.17, 15) is 9.59 Å². The van der Waals surface area contributed by atoms with Crippen LogP contribution in [0, 0.1) is 6.92 Å². The number of nitrogens with zero attached hydrogens (tertiary/aromatic N) is 2. The van der Waals surface area contributed by atoms with Crippen molar-refractivity contribution in [1.29, 1.82) is 0 Å². The van der Waals surface area contributed by atoms with E-state index in [1.54, 1.807) is 0 Å². The van der Waals surface area contributed by atoms with E-state index in [1.165, 1.54) is 23.8 Å². The van der Waals surface area contributed by atoms with Gasteiger partial charge < -0.3 is 20.7 Å². The van der Waals surface area contributed by atoms with E-state index < -0.39 is 6.10 Å². The van der Waals surface area contributed by atoms with E-state index in [0.29, 0.717) is 30.4 Å². The molecule has 1 fully saturated rings. The number of allylic oxidation sites excluding steroid dienone is 3. The number of ether oxygens (including phenoxy) is 1. The van der Waals surface area contributed by atoms with Gasteiger partial charge in [0.1, 0.15) is 5.76 Å². The number of carbonyl (C=O) groups excluding carboxylic acids is 2. The molecule has 1 aromatic heterocycles.